The lowest BCUT2D eigenvalue weighted by Crippen LogP contribution is -2.34. The minimum Gasteiger partial charge on any atom is -0.334 e. The van der Waals surface area contributed by atoms with Crippen LogP contribution in [-0.4, -0.2) is 32.3 Å². The van der Waals surface area contributed by atoms with Gasteiger partial charge in [0.1, 0.15) is 0 Å². The van der Waals surface area contributed by atoms with Crippen LogP contribution in [0.2, 0.25) is 0 Å². The molecule has 1 saturated carbocycles. The Kier molecular flexibility index (Phi) is 2.55. The molecule has 0 radical (unpaired) electrons. The van der Waals surface area contributed by atoms with Crippen LogP contribution in [0.4, 0.5) is 5.95 Å². The Labute approximate surface area is 118 Å². The van der Waals surface area contributed by atoms with Gasteiger partial charge < -0.3 is 4.90 Å². The van der Waals surface area contributed by atoms with E-state index in [1.54, 1.807) is 0 Å². The molecule has 0 N–H and O–H groups in total. The summed E-state index contributed by atoms with van der Waals surface area (Å²) in [7, 11) is 0. The first kappa shape index (κ1) is 11.9. The van der Waals surface area contributed by atoms with Crippen molar-refractivity contribution < 1.29 is 0 Å². The zero-order chi connectivity index (χ0) is 13.6. The van der Waals surface area contributed by atoms with Gasteiger partial charge in [-0.2, -0.15) is 0 Å². The predicted molar refractivity (Wildman–Crippen MR) is 76.6 cm³/mol. The third-order valence-corrected chi connectivity index (χ3v) is 4.79. The van der Waals surface area contributed by atoms with Gasteiger partial charge in [0.25, 0.3) is 0 Å². The van der Waals surface area contributed by atoms with Crippen LogP contribution < -0.4 is 4.90 Å². The van der Waals surface area contributed by atoms with Gasteiger partial charge in [-0.15, -0.1) is 0 Å². The predicted octanol–water partition coefficient (Wildman–Crippen LogP) is 2.42. The molecule has 104 valence electrons. The molecule has 1 spiro atoms. The third kappa shape index (κ3) is 1.72. The molecule has 1 saturated heterocycles. The van der Waals surface area contributed by atoms with Crippen LogP contribution in [0.15, 0.2) is 30.3 Å². The van der Waals surface area contributed by atoms with Crippen LogP contribution in [-0.2, 0) is 0 Å². The summed E-state index contributed by atoms with van der Waals surface area (Å²) in [5.41, 5.74) is 1.62. The van der Waals surface area contributed by atoms with Gasteiger partial charge in [0.05, 0.1) is 6.04 Å². The summed E-state index contributed by atoms with van der Waals surface area (Å²) in [5.74, 6) is 0.941. The van der Waals surface area contributed by atoms with Crippen LogP contribution in [0, 0.1) is 0 Å². The van der Waals surface area contributed by atoms with E-state index in [1.807, 2.05) is 10.7 Å². The van der Waals surface area contributed by atoms with Crippen molar-refractivity contribution in [2.24, 2.45) is 0 Å². The number of benzene rings is 1. The molecule has 4 rings (SSSR count). The minimum atomic E-state index is 0.164. The Morgan fingerprint density at radius 2 is 1.95 bits per heavy atom. The van der Waals surface area contributed by atoms with Crippen molar-refractivity contribution >= 4 is 5.95 Å². The molecule has 2 aromatic rings. The molecule has 1 atom stereocenters. The van der Waals surface area contributed by atoms with Gasteiger partial charge in [-0.05, 0) is 48.6 Å². The van der Waals surface area contributed by atoms with Crippen LogP contribution in [0.3, 0.4) is 0 Å². The quantitative estimate of drug-likeness (QED) is 0.858. The van der Waals surface area contributed by atoms with Gasteiger partial charge in [-0.3, -0.25) is 0 Å². The van der Waals surface area contributed by atoms with Gasteiger partial charge in [-0.1, -0.05) is 35.4 Å². The van der Waals surface area contributed by atoms with Crippen molar-refractivity contribution in [1.82, 2.24) is 20.2 Å². The first-order chi connectivity index (χ1) is 9.80. The highest BCUT2D eigenvalue weighted by Gasteiger charge is 2.52. The van der Waals surface area contributed by atoms with Crippen LogP contribution >= 0.6 is 0 Å². The average Bonchev–Trinajstić information content (AvgIpc) is 2.92. The molecule has 1 unspecified atom stereocenters. The maximum absolute atomic E-state index is 4.31. The van der Waals surface area contributed by atoms with E-state index in [0.717, 1.165) is 12.5 Å². The largest absolute Gasteiger partial charge is 0.334 e. The van der Waals surface area contributed by atoms with E-state index < -0.39 is 0 Å². The maximum Gasteiger partial charge on any atom is 0.246 e. The summed E-state index contributed by atoms with van der Waals surface area (Å²) in [6.45, 7) is 3.24. The van der Waals surface area contributed by atoms with Gasteiger partial charge >= 0.3 is 0 Å². The molecule has 1 aromatic heterocycles. The zero-order valence-electron chi connectivity index (χ0n) is 11.7. The molecule has 1 aliphatic carbocycles. The maximum atomic E-state index is 4.31. The molecule has 0 amide bonds. The van der Waals surface area contributed by atoms with Crippen molar-refractivity contribution in [2.45, 2.75) is 44.2 Å². The summed E-state index contributed by atoms with van der Waals surface area (Å²) < 4.78 is 1.97. The Hall–Kier alpha value is -1.91. The minimum absolute atomic E-state index is 0.164. The van der Waals surface area contributed by atoms with Gasteiger partial charge in [0.2, 0.25) is 5.95 Å². The number of anilines is 1. The smallest absolute Gasteiger partial charge is 0.246 e. The lowest BCUT2D eigenvalue weighted by Gasteiger charge is -2.26. The van der Waals surface area contributed by atoms with Crippen molar-refractivity contribution in [1.29, 1.82) is 0 Å². The number of hydrogen-bond acceptors (Lipinski definition) is 4. The Bertz CT molecular complexity index is 602. The zero-order valence-corrected chi connectivity index (χ0v) is 11.7. The van der Waals surface area contributed by atoms with Crippen molar-refractivity contribution in [3.8, 4) is 0 Å². The molecule has 5 heteroatoms. The van der Waals surface area contributed by atoms with Gasteiger partial charge in [-0.25, -0.2) is 4.68 Å². The third-order valence-electron chi connectivity index (χ3n) is 4.79. The highest BCUT2D eigenvalue weighted by atomic mass is 15.6. The van der Waals surface area contributed by atoms with Crippen molar-refractivity contribution in [3.05, 3.63) is 35.9 Å². The molecular formula is C15H19N5. The Balaban J connectivity index is 1.69. The fourth-order valence-electron chi connectivity index (χ4n) is 3.40. The van der Waals surface area contributed by atoms with Crippen molar-refractivity contribution in [3.63, 3.8) is 0 Å². The molecule has 0 bridgehead atoms. The van der Waals surface area contributed by atoms with Gasteiger partial charge in [0, 0.05) is 12.1 Å². The summed E-state index contributed by atoms with van der Waals surface area (Å²) in [6.07, 6.45) is 5.13. The van der Waals surface area contributed by atoms with Crippen LogP contribution in [0.1, 0.15) is 44.2 Å². The number of hydrogen-bond donors (Lipinski definition) is 0. The van der Waals surface area contributed by atoms with E-state index in [2.05, 4.69) is 51.6 Å². The van der Waals surface area contributed by atoms with E-state index >= 15 is 0 Å². The van der Waals surface area contributed by atoms with E-state index in [-0.39, 0.29) is 6.04 Å². The normalized spacial score (nSPS) is 21.4. The standard InChI is InChI=1S/C15H19N5/c1-12(13-6-3-2-4-7-13)20-14(16-17-18-20)19-11-5-8-15(19)9-10-15/h2-4,6-7,12H,5,8-11H2,1H3. The second kappa shape index (κ2) is 4.30. The second-order valence-electron chi connectivity index (χ2n) is 5.99. The summed E-state index contributed by atoms with van der Waals surface area (Å²) in [4.78, 5) is 2.44. The highest BCUT2D eigenvalue weighted by molar-refractivity contribution is 5.41. The van der Waals surface area contributed by atoms with Crippen molar-refractivity contribution in [2.75, 3.05) is 11.4 Å². The second-order valence-corrected chi connectivity index (χ2v) is 5.99. The van der Waals surface area contributed by atoms with E-state index in [4.69, 9.17) is 0 Å². The van der Waals surface area contributed by atoms with Gasteiger partial charge in [0.15, 0.2) is 0 Å². The number of nitrogens with zero attached hydrogens (tertiary/aromatic N) is 5. The summed E-state index contributed by atoms with van der Waals surface area (Å²) in [6, 6.07) is 10.6. The number of tetrazole rings is 1. The molecule has 20 heavy (non-hydrogen) atoms. The fourth-order valence-corrected chi connectivity index (χ4v) is 3.40. The lowest BCUT2D eigenvalue weighted by atomic mass is 10.1. The van der Waals surface area contributed by atoms with E-state index in [0.29, 0.717) is 5.54 Å². The number of rotatable bonds is 3. The number of aromatic nitrogens is 4. The van der Waals surface area contributed by atoms with E-state index in [9.17, 15) is 0 Å². The lowest BCUT2D eigenvalue weighted by molar-refractivity contribution is 0.527. The molecule has 2 fully saturated rings. The van der Waals surface area contributed by atoms with Crippen LogP contribution in [0.5, 0.6) is 0 Å². The molecule has 2 heterocycles. The SMILES string of the molecule is CC(c1ccccc1)n1nnnc1N1CCCC12CC2. The average molecular weight is 269 g/mol. The van der Waals surface area contributed by atoms with Crippen LogP contribution in [0.25, 0.3) is 0 Å². The molecular weight excluding hydrogens is 250 g/mol. The molecule has 5 nitrogen and oxygen atoms in total. The van der Waals surface area contributed by atoms with E-state index in [1.165, 1.54) is 31.2 Å². The molecule has 2 aliphatic rings. The molecule has 1 aliphatic heterocycles. The summed E-state index contributed by atoms with van der Waals surface area (Å²) in [5, 5.41) is 12.5. The Morgan fingerprint density at radius 1 is 1.15 bits per heavy atom. The topological polar surface area (TPSA) is 46.8 Å². The monoisotopic (exact) mass is 269 g/mol. The fraction of sp³-hybridized carbons (Fsp3) is 0.533. The molecule has 1 aromatic carbocycles. The Morgan fingerprint density at radius 3 is 2.70 bits per heavy atom. The highest BCUT2D eigenvalue weighted by Crippen LogP contribution is 2.50. The first-order valence-corrected chi connectivity index (χ1v) is 7.41. The first-order valence-electron chi connectivity index (χ1n) is 7.41. The summed E-state index contributed by atoms with van der Waals surface area (Å²) >= 11 is 0.